The number of hydrogen-bond donors (Lipinski definition) is 2. The van der Waals surface area contributed by atoms with Gasteiger partial charge in [-0.15, -0.1) is 0 Å². The highest BCUT2D eigenvalue weighted by Gasteiger charge is 2.46. The average Bonchev–Trinajstić information content (AvgIpc) is 3.25. The van der Waals surface area contributed by atoms with Gasteiger partial charge in [0.05, 0.1) is 12.7 Å². The lowest BCUT2D eigenvalue weighted by atomic mass is 10.0. The number of aliphatic hydroxyl groups excluding tert-OH is 2. The van der Waals surface area contributed by atoms with E-state index in [1.807, 2.05) is 13.8 Å². The first-order valence-electron chi connectivity index (χ1n) is 11.9. The van der Waals surface area contributed by atoms with E-state index in [0.717, 1.165) is 38.5 Å². The minimum absolute atomic E-state index is 0.0245. The van der Waals surface area contributed by atoms with E-state index >= 15 is 0 Å². The summed E-state index contributed by atoms with van der Waals surface area (Å²) in [7, 11) is 0. The fraction of sp³-hybridized carbons (Fsp3) is 1.00. The van der Waals surface area contributed by atoms with E-state index in [-0.39, 0.29) is 18.3 Å². The van der Waals surface area contributed by atoms with E-state index in [9.17, 15) is 13.9 Å². The minimum Gasteiger partial charge on any atom is -0.394 e. The normalized spacial score (nSPS) is 44.8. The molecule has 4 unspecified atom stereocenters. The van der Waals surface area contributed by atoms with E-state index < -0.39 is 50.0 Å². The van der Waals surface area contributed by atoms with Gasteiger partial charge in [0, 0.05) is 19.1 Å². The van der Waals surface area contributed by atoms with Crippen molar-refractivity contribution in [2.24, 2.45) is 5.92 Å². The van der Waals surface area contributed by atoms with Crippen LogP contribution in [0.3, 0.4) is 0 Å². The Balaban J connectivity index is 0.000000181. The van der Waals surface area contributed by atoms with Gasteiger partial charge in [0.15, 0.2) is 37.5 Å². The molecule has 4 aliphatic heterocycles. The Kier molecular flexibility index (Phi) is 10.5. The lowest BCUT2D eigenvalue weighted by Gasteiger charge is -2.26. The number of halogens is 2. The van der Waals surface area contributed by atoms with E-state index in [4.69, 9.17) is 33.5 Å². The number of hydrogen-bond acceptors (Lipinski definition) is 8. The van der Waals surface area contributed by atoms with Crippen LogP contribution in [0.15, 0.2) is 0 Å². The summed E-state index contributed by atoms with van der Waals surface area (Å²) in [6, 6.07) is 0. The van der Waals surface area contributed by atoms with E-state index in [0.29, 0.717) is 19.6 Å². The van der Waals surface area contributed by atoms with Crippen LogP contribution < -0.4 is 0 Å². The zero-order chi connectivity index (χ0) is 23.1. The largest absolute Gasteiger partial charge is 0.394 e. The SMILES string of the molecule is CC[C@H]1OC(OC2CCCCO2)[C@@H](F)[C@@H]1C.OC[C@H]1OC(OC2CCCCO2)[C@@H](F)[C@@H]1O. The standard InChI is InChI=1S/C12H21FO3.C10H17FO5/c1-3-9-8(2)11(13)12(15-9)16-10-6-4-5-7-14-10;11-8-9(13)6(5-12)15-10(8)16-7-3-1-2-4-14-7/h8-12H,3-7H2,1-2H3;6-10,12-13H,1-5H2/t8-,9-,10?,11+,12?;6-,7?,8+,9-,10?/m11/s1. The number of ether oxygens (including phenoxy) is 6. The lowest BCUT2D eigenvalue weighted by molar-refractivity contribution is -0.261. The van der Waals surface area contributed by atoms with Crippen molar-refractivity contribution < 1.29 is 47.4 Å². The molecule has 0 aromatic carbocycles. The monoisotopic (exact) mass is 468 g/mol. The predicted molar refractivity (Wildman–Crippen MR) is 109 cm³/mol. The van der Waals surface area contributed by atoms with Gasteiger partial charge < -0.3 is 38.6 Å². The van der Waals surface area contributed by atoms with E-state index in [2.05, 4.69) is 0 Å². The molecule has 188 valence electrons. The molecule has 0 spiro atoms. The maximum absolute atomic E-state index is 13.9. The molecule has 0 aromatic heterocycles. The van der Waals surface area contributed by atoms with Crippen molar-refractivity contribution in [1.82, 2.24) is 0 Å². The second kappa shape index (κ2) is 12.9. The zero-order valence-electron chi connectivity index (χ0n) is 18.9. The Morgan fingerprint density at radius 3 is 1.78 bits per heavy atom. The van der Waals surface area contributed by atoms with Crippen LogP contribution >= 0.6 is 0 Å². The van der Waals surface area contributed by atoms with Gasteiger partial charge in [0.2, 0.25) is 0 Å². The molecule has 4 aliphatic rings. The Morgan fingerprint density at radius 1 is 0.844 bits per heavy atom. The Hall–Kier alpha value is -0.460. The van der Waals surface area contributed by atoms with Crippen molar-refractivity contribution in [2.75, 3.05) is 19.8 Å². The molecule has 4 saturated heterocycles. The molecule has 4 fully saturated rings. The molecule has 8 nitrogen and oxygen atoms in total. The minimum atomic E-state index is -1.64. The Bertz CT molecular complexity index is 486. The smallest absolute Gasteiger partial charge is 0.195 e. The first-order valence-corrected chi connectivity index (χ1v) is 11.9. The third-order valence-corrected chi connectivity index (χ3v) is 6.36. The molecule has 4 rings (SSSR count). The molecule has 0 aromatic rings. The third kappa shape index (κ3) is 6.79. The molecule has 10 atom stereocenters. The fourth-order valence-electron chi connectivity index (χ4n) is 4.29. The first kappa shape index (κ1) is 26.2. The van der Waals surface area contributed by atoms with Crippen molar-refractivity contribution in [1.29, 1.82) is 0 Å². The summed E-state index contributed by atoms with van der Waals surface area (Å²) in [6.45, 7) is 4.77. The Morgan fingerprint density at radius 2 is 1.38 bits per heavy atom. The van der Waals surface area contributed by atoms with Crippen molar-refractivity contribution in [3.63, 3.8) is 0 Å². The Labute approximate surface area is 188 Å². The maximum Gasteiger partial charge on any atom is 0.195 e. The molecule has 2 N–H and O–H groups in total. The summed E-state index contributed by atoms with van der Waals surface area (Å²) in [5.74, 6) is -0.0846. The summed E-state index contributed by atoms with van der Waals surface area (Å²) >= 11 is 0. The number of alkyl halides is 2. The van der Waals surface area contributed by atoms with Gasteiger partial charge in [0.25, 0.3) is 0 Å². The summed E-state index contributed by atoms with van der Waals surface area (Å²) in [5, 5.41) is 18.2. The van der Waals surface area contributed by atoms with Gasteiger partial charge in [0.1, 0.15) is 12.2 Å². The fourth-order valence-corrected chi connectivity index (χ4v) is 4.29. The number of aliphatic hydroxyl groups is 2. The topological polar surface area (TPSA) is 95.8 Å². The summed E-state index contributed by atoms with van der Waals surface area (Å²) in [5.41, 5.74) is 0. The molecule has 0 bridgehead atoms. The van der Waals surface area contributed by atoms with Crippen LogP contribution in [0.5, 0.6) is 0 Å². The van der Waals surface area contributed by atoms with Gasteiger partial charge in [-0.2, -0.15) is 0 Å². The van der Waals surface area contributed by atoms with Crippen LogP contribution in [-0.2, 0) is 28.4 Å². The summed E-state index contributed by atoms with van der Waals surface area (Å²) < 4.78 is 59.5. The highest BCUT2D eigenvalue weighted by atomic mass is 19.1. The number of rotatable bonds is 6. The molecule has 32 heavy (non-hydrogen) atoms. The van der Waals surface area contributed by atoms with Crippen LogP contribution in [0.25, 0.3) is 0 Å². The molecular weight excluding hydrogens is 430 g/mol. The van der Waals surface area contributed by atoms with Gasteiger partial charge >= 0.3 is 0 Å². The second-order valence-corrected chi connectivity index (χ2v) is 8.78. The van der Waals surface area contributed by atoms with Crippen molar-refractivity contribution in [3.8, 4) is 0 Å². The van der Waals surface area contributed by atoms with Crippen LogP contribution in [0, 0.1) is 5.92 Å². The maximum atomic E-state index is 13.9. The van der Waals surface area contributed by atoms with Gasteiger partial charge in [-0.05, 0) is 44.9 Å². The van der Waals surface area contributed by atoms with Crippen molar-refractivity contribution in [3.05, 3.63) is 0 Å². The van der Waals surface area contributed by atoms with Crippen LogP contribution in [0.2, 0.25) is 0 Å². The quantitative estimate of drug-likeness (QED) is 0.614. The molecule has 4 heterocycles. The van der Waals surface area contributed by atoms with Crippen molar-refractivity contribution in [2.45, 2.75) is 115 Å². The molecule has 10 heteroatoms. The third-order valence-electron chi connectivity index (χ3n) is 6.36. The van der Waals surface area contributed by atoms with Gasteiger partial charge in [-0.25, -0.2) is 8.78 Å². The molecular formula is C22H38F2O8. The predicted octanol–water partition coefficient (Wildman–Crippen LogP) is 2.58. The molecule has 0 radical (unpaired) electrons. The van der Waals surface area contributed by atoms with Crippen molar-refractivity contribution >= 4 is 0 Å². The van der Waals surface area contributed by atoms with Crippen LogP contribution in [0.1, 0.15) is 58.8 Å². The summed E-state index contributed by atoms with van der Waals surface area (Å²) in [4.78, 5) is 0. The van der Waals surface area contributed by atoms with E-state index in [1.54, 1.807) is 0 Å². The second-order valence-electron chi connectivity index (χ2n) is 8.78. The summed E-state index contributed by atoms with van der Waals surface area (Å²) in [6.07, 6.45) is -1.09. The highest BCUT2D eigenvalue weighted by Crippen LogP contribution is 2.33. The average molecular weight is 469 g/mol. The van der Waals surface area contributed by atoms with Gasteiger partial charge in [-0.3, -0.25) is 0 Å². The highest BCUT2D eigenvalue weighted by molar-refractivity contribution is 4.87. The lowest BCUT2D eigenvalue weighted by Crippen LogP contribution is -2.34. The van der Waals surface area contributed by atoms with E-state index in [1.165, 1.54) is 0 Å². The molecule has 0 saturated carbocycles. The zero-order valence-corrected chi connectivity index (χ0v) is 18.9. The molecule has 0 amide bonds. The van der Waals surface area contributed by atoms with Crippen LogP contribution in [0.4, 0.5) is 8.78 Å². The molecule has 0 aliphatic carbocycles. The van der Waals surface area contributed by atoms with Crippen LogP contribution in [-0.4, -0.2) is 85.8 Å². The first-order chi connectivity index (χ1) is 15.4. The van der Waals surface area contributed by atoms with Gasteiger partial charge in [-0.1, -0.05) is 13.8 Å².